The van der Waals surface area contributed by atoms with E-state index in [1.54, 1.807) is 13.4 Å². The smallest absolute Gasteiger partial charge is 0.166 e. The Morgan fingerprint density at radius 3 is 3.00 bits per heavy atom. The van der Waals surface area contributed by atoms with Gasteiger partial charge in [-0.15, -0.1) is 10.2 Å². The minimum atomic E-state index is 0.204. The molecule has 0 radical (unpaired) electrons. The zero-order valence-electron chi connectivity index (χ0n) is 10.4. The molecule has 0 amide bonds. The van der Waals surface area contributed by atoms with Crippen molar-refractivity contribution in [1.29, 1.82) is 0 Å². The van der Waals surface area contributed by atoms with E-state index in [2.05, 4.69) is 20.8 Å². The summed E-state index contributed by atoms with van der Waals surface area (Å²) in [6.07, 6.45) is 2.48. The lowest BCUT2D eigenvalue weighted by Crippen LogP contribution is -2.43. The normalized spacial score (nSPS) is 12.2. The molecule has 0 aromatic carbocycles. The van der Waals surface area contributed by atoms with Crippen LogP contribution in [-0.4, -0.2) is 46.2 Å². The zero-order chi connectivity index (χ0) is 12.7. The highest BCUT2D eigenvalue weighted by Crippen LogP contribution is 1.91. The largest absolute Gasteiger partial charge is 0.383 e. The average molecular weight is 257 g/mol. The van der Waals surface area contributed by atoms with Crippen LogP contribution in [0, 0.1) is 0 Å². The second-order valence-electron chi connectivity index (χ2n) is 3.86. The van der Waals surface area contributed by atoms with Crippen LogP contribution >= 0.6 is 12.2 Å². The van der Waals surface area contributed by atoms with Gasteiger partial charge in [-0.05, 0) is 19.1 Å². The minimum Gasteiger partial charge on any atom is -0.383 e. The van der Waals surface area contributed by atoms with E-state index in [4.69, 9.17) is 17.0 Å². The van der Waals surface area contributed by atoms with Crippen molar-refractivity contribution in [1.82, 2.24) is 25.4 Å². The van der Waals surface area contributed by atoms with Gasteiger partial charge in [0.05, 0.1) is 6.61 Å². The third-order valence-corrected chi connectivity index (χ3v) is 2.50. The fraction of sp³-hybridized carbons (Fsp3) is 0.700. The summed E-state index contributed by atoms with van der Waals surface area (Å²) in [6, 6.07) is 0.204. The quantitative estimate of drug-likeness (QED) is 0.692. The van der Waals surface area contributed by atoms with Crippen molar-refractivity contribution in [3.63, 3.8) is 0 Å². The van der Waals surface area contributed by atoms with Gasteiger partial charge < -0.3 is 19.9 Å². The van der Waals surface area contributed by atoms with E-state index in [1.807, 2.05) is 18.5 Å². The van der Waals surface area contributed by atoms with E-state index in [9.17, 15) is 0 Å². The molecule has 1 heterocycles. The molecule has 7 heteroatoms. The van der Waals surface area contributed by atoms with Gasteiger partial charge in [0.1, 0.15) is 12.2 Å². The molecular weight excluding hydrogens is 238 g/mol. The summed E-state index contributed by atoms with van der Waals surface area (Å²) < 4.78 is 6.91. The number of rotatable bonds is 6. The maximum atomic E-state index is 5.15. The first-order valence-electron chi connectivity index (χ1n) is 5.49. The molecule has 0 spiro atoms. The van der Waals surface area contributed by atoms with Crippen molar-refractivity contribution >= 4 is 17.3 Å². The SMILES string of the molecule is COCC(C)NC(=S)NCCc1nncn1C. The second kappa shape index (κ2) is 7.18. The maximum absolute atomic E-state index is 5.15. The van der Waals surface area contributed by atoms with Gasteiger partial charge in [0, 0.05) is 33.2 Å². The van der Waals surface area contributed by atoms with Crippen LogP contribution in [0.15, 0.2) is 6.33 Å². The van der Waals surface area contributed by atoms with Gasteiger partial charge in [-0.1, -0.05) is 0 Å². The Balaban J connectivity index is 2.18. The van der Waals surface area contributed by atoms with Crippen LogP contribution < -0.4 is 10.6 Å². The molecule has 0 aliphatic carbocycles. The molecule has 2 N–H and O–H groups in total. The van der Waals surface area contributed by atoms with Crippen molar-refractivity contribution in [2.75, 3.05) is 20.3 Å². The zero-order valence-corrected chi connectivity index (χ0v) is 11.3. The number of hydrogen-bond acceptors (Lipinski definition) is 4. The standard InChI is InChI=1S/C10H19N5OS/c1-8(6-16-3)13-10(17)11-5-4-9-14-12-7-15(9)2/h7-8H,4-6H2,1-3H3,(H2,11,13,17). The second-order valence-corrected chi connectivity index (χ2v) is 4.27. The molecule has 17 heavy (non-hydrogen) atoms. The van der Waals surface area contributed by atoms with Gasteiger partial charge in [-0.25, -0.2) is 0 Å². The molecule has 1 aromatic rings. The molecule has 6 nitrogen and oxygen atoms in total. The van der Waals surface area contributed by atoms with E-state index in [0.29, 0.717) is 11.7 Å². The number of methoxy groups -OCH3 is 1. The summed E-state index contributed by atoms with van der Waals surface area (Å²) in [4.78, 5) is 0. The predicted octanol–water partition coefficient (Wildman–Crippen LogP) is -0.143. The summed E-state index contributed by atoms with van der Waals surface area (Å²) in [6.45, 7) is 3.38. The van der Waals surface area contributed by atoms with E-state index < -0.39 is 0 Å². The highest BCUT2D eigenvalue weighted by Gasteiger charge is 2.04. The fourth-order valence-corrected chi connectivity index (χ4v) is 1.69. The van der Waals surface area contributed by atoms with E-state index >= 15 is 0 Å². The monoisotopic (exact) mass is 257 g/mol. The molecule has 0 saturated heterocycles. The van der Waals surface area contributed by atoms with Gasteiger partial charge >= 0.3 is 0 Å². The number of ether oxygens (including phenoxy) is 1. The van der Waals surface area contributed by atoms with Gasteiger partial charge in [-0.3, -0.25) is 0 Å². The molecule has 0 fully saturated rings. The van der Waals surface area contributed by atoms with Crippen LogP contribution in [-0.2, 0) is 18.2 Å². The van der Waals surface area contributed by atoms with Crippen LogP contribution in [0.2, 0.25) is 0 Å². The molecule has 1 aromatic heterocycles. The molecule has 96 valence electrons. The Morgan fingerprint density at radius 1 is 1.65 bits per heavy atom. The minimum absolute atomic E-state index is 0.204. The van der Waals surface area contributed by atoms with Gasteiger partial charge in [0.2, 0.25) is 0 Å². The van der Waals surface area contributed by atoms with Gasteiger partial charge in [-0.2, -0.15) is 0 Å². The lowest BCUT2D eigenvalue weighted by molar-refractivity contribution is 0.179. The van der Waals surface area contributed by atoms with Crippen LogP contribution in [0.4, 0.5) is 0 Å². The number of nitrogens with zero attached hydrogens (tertiary/aromatic N) is 3. The van der Waals surface area contributed by atoms with E-state index in [0.717, 1.165) is 18.8 Å². The van der Waals surface area contributed by atoms with Crippen LogP contribution in [0.5, 0.6) is 0 Å². The summed E-state index contributed by atoms with van der Waals surface area (Å²) in [5.41, 5.74) is 0. The molecule has 0 aliphatic rings. The summed E-state index contributed by atoms with van der Waals surface area (Å²) >= 11 is 5.15. The molecule has 1 unspecified atom stereocenters. The van der Waals surface area contributed by atoms with Crippen molar-refractivity contribution in [3.8, 4) is 0 Å². The van der Waals surface area contributed by atoms with E-state index in [-0.39, 0.29) is 6.04 Å². The predicted molar refractivity (Wildman–Crippen MR) is 69.8 cm³/mol. The Morgan fingerprint density at radius 2 is 2.41 bits per heavy atom. The van der Waals surface area contributed by atoms with Crippen molar-refractivity contribution in [3.05, 3.63) is 12.2 Å². The first-order chi connectivity index (χ1) is 8.13. The molecular formula is C10H19N5OS. The van der Waals surface area contributed by atoms with Gasteiger partial charge in [0.25, 0.3) is 0 Å². The first kappa shape index (κ1) is 13.9. The Hall–Kier alpha value is -1.21. The molecule has 0 bridgehead atoms. The summed E-state index contributed by atoms with van der Waals surface area (Å²) in [5, 5.41) is 14.7. The van der Waals surface area contributed by atoms with Crippen LogP contribution in [0.3, 0.4) is 0 Å². The number of thiocarbonyl (C=S) groups is 1. The number of hydrogen-bond donors (Lipinski definition) is 2. The van der Waals surface area contributed by atoms with Crippen LogP contribution in [0.25, 0.3) is 0 Å². The fourth-order valence-electron chi connectivity index (χ4n) is 1.39. The average Bonchev–Trinajstić information content (AvgIpc) is 2.64. The highest BCUT2D eigenvalue weighted by atomic mass is 32.1. The number of aryl methyl sites for hydroxylation is 1. The van der Waals surface area contributed by atoms with Crippen molar-refractivity contribution < 1.29 is 4.74 Å². The molecule has 0 aliphatic heterocycles. The number of aromatic nitrogens is 3. The number of nitrogens with one attached hydrogen (secondary N) is 2. The lowest BCUT2D eigenvalue weighted by atomic mass is 10.4. The molecule has 0 saturated carbocycles. The Bertz CT molecular complexity index is 354. The topological polar surface area (TPSA) is 64.0 Å². The van der Waals surface area contributed by atoms with Crippen LogP contribution in [0.1, 0.15) is 12.7 Å². The van der Waals surface area contributed by atoms with Crippen molar-refractivity contribution in [2.45, 2.75) is 19.4 Å². The maximum Gasteiger partial charge on any atom is 0.166 e. The molecule has 1 atom stereocenters. The van der Waals surface area contributed by atoms with Crippen molar-refractivity contribution in [2.24, 2.45) is 7.05 Å². The Labute approximate surface area is 107 Å². The van der Waals surface area contributed by atoms with Gasteiger partial charge in [0.15, 0.2) is 5.11 Å². The summed E-state index contributed by atoms with van der Waals surface area (Å²) in [5.74, 6) is 0.935. The summed E-state index contributed by atoms with van der Waals surface area (Å²) in [7, 11) is 3.59. The lowest BCUT2D eigenvalue weighted by Gasteiger charge is -2.15. The highest BCUT2D eigenvalue weighted by molar-refractivity contribution is 7.80. The van der Waals surface area contributed by atoms with E-state index in [1.165, 1.54) is 0 Å². The first-order valence-corrected chi connectivity index (χ1v) is 5.90. The molecule has 1 rings (SSSR count). The Kier molecular flexibility index (Phi) is 5.85. The third kappa shape index (κ3) is 5.10. The third-order valence-electron chi connectivity index (χ3n) is 2.23.